The van der Waals surface area contributed by atoms with Gasteiger partial charge in [-0.3, -0.25) is 0 Å². The summed E-state index contributed by atoms with van der Waals surface area (Å²) >= 11 is 13.0. The number of nitrogens with one attached hydrogen (secondary N) is 1. The molecule has 35 heavy (non-hydrogen) atoms. The van der Waals surface area contributed by atoms with Gasteiger partial charge in [0.25, 0.3) is 0 Å². The number of anilines is 2. The Bertz CT molecular complexity index is 965. The Morgan fingerprint density at radius 1 is 1.20 bits per heavy atom. The van der Waals surface area contributed by atoms with Crippen LogP contribution in [-0.2, 0) is 9.47 Å². The molecule has 7 nitrogen and oxygen atoms in total. The van der Waals surface area contributed by atoms with E-state index >= 15 is 0 Å². The number of nitrogen functional groups attached to an aromatic ring is 1. The van der Waals surface area contributed by atoms with Gasteiger partial charge in [0, 0.05) is 50.1 Å². The second-order valence-electron chi connectivity index (χ2n) is 9.85. The molecular formula is C26H37Cl2N5O2. The molecule has 4 rings (SSSR count). The Hall–Kier alpha value is -1.64. The van der Waals surface area contributed by atoms with Crippen molar-refractivity contribution >= 4 is 34.8 Å². The molecule has 0 spiro atoms. The first-order chi connectivity index (χ1) is 16.9. The first kappa shape index (κ1) is 26.4. The average molecular weight is 523 g/mol. The molecule has 0 aromatic carbocycles. The smallest absolute Gasteiger partial charge is 0.129 e. The maximum atomic E-state index is 6.59. The maximum absolute atomic E-state index is 6.59. The van der Waals surface area contributed by atoms with E-state index < -0.39 is 0 Å². The lowest BCUT2D eigenvalue weighted by Gasteiger charge is -2.41. The van der Waals surface area contributed by atoms with Gasteiger partial charge in [0.05, 0.1) is 29.0 Å². The Morgan fingerprint density at radius 2 is 2.00 bits per heavy atom. The number of hydrogen-bond donors (Lipinski definition) is 2. The van der Waals surface area contributed by atoms with Crippen LogP contribution >= 0.6 is 23.2 Å². The fourth-order valence-electron chi connectivity index (χ4n) is 5.33. The molecule has 0 amide bonds. The van der Waals surface area contributed by atoms with Crippen LogP contribution in [0.15, 0.2) is 24.4 Å². The summed E-state index contributed by atoms with van der Waals surface area (Å²) in [6.45, 7) is 5.49. The predicted molar refractivity (Wildman–Crippen MR) is 143 cm³/mol. The van der Waals surface area contributed by atoms with Crippen molar-refractivity contribution in [2.24, 2.45) is 5.92 Å². The van der Waals surface area contributed by atoms with Gasteiger partial charge in [-0.25, -0.2) is 9.97 Å². The third kappa shape index (κ3) is 6.98. The third-order valence-corrected chi connectivity index (χ3v) is 7.65. The zero-order valence-corrected chi connectivity index (χ0v) is 22.2. The first-order valence-electron chi connectivity index (χ1n) is 12.6. The molecule has 9 heteroatoms. The average Bonchev–Trinajstić information content (AvgIpc) is 2.86. The van der Waals surface area contributed by atoms with Crippen LogP contribution < -0.4 is 16.0 Å². The summed E-state index contributed by atoms with van der Waals surface area (Å²) in [4.78, 5) is 11.6. The van der Waals surface area contributed by atoms with Gasteiger partial charge in [-0.15, -0.1) is 0 Å². The van der Waals surface area contributed by atoms with E-state index in [1.54, 1.807) is 19.4 Å². The number of rotatable bonds is 9. The van der Waals surface area contributed by atoms with Gasteiger partial charge in [0.15, 0.2) is 0 Å². The van der Waals surface area contributed by atoms with Crippen molar-refractivity contribution in [3.63, 3.8) is 0 Å². The van der Waals surface area contributed by atoms with E-state index in [2.05, 4.69) is 22.1 Å². The Balaban J connectivity index is 1.57. The van der Waals surface area contributed by atoms with Crippen molar-refractivity contribution < 1.29 is 9.47 Å². The lowest BCUT2D eigenvalue weighted by Crippen LogP contribution is -2.47. The van der Waals surface area contributed by atoms with Gasteiger partial charge in [-0.1, -0.05) is 23.2 Å². The van der Waals surface area contributed by atoms with Gasteiger partial charge in [0.1, 0.15) is 11.6 Å². The van der Waals surface area contributed by atoms with Crippen LogP contribution in [0.1, 0.15) is 45.4 Å². The normalized spacial score (nSPS) is 23.7. The lowest BCUT2D eigenvalue weighted by atomic mass is 9.88. The molecule has 2 fully saturated rings. The topological polar surface area (TPSA) is 85.5 Å². The number of methoxy groups -OCH3 is 1. The highest BCUT2D eigenvalue weighted by molar-refractivity contribution is 6.36. The molecule has 1 saturated carbocycles. The van der Waals surface area contributed by atoms with Crippen molar-refractivity contribution in [2.75, 3.05) is 44.1 Å². The third-order valence-electron chi connectivity index (χ3n) is 7.04. The van der Waals surface area contributed by atoms with E-state index in [0.29, 0.717) is 51.2 Å². The predicted octanol–water partition coefficient (Wildman–Crippen LogP) is 5.20. The number of halogens is 2. The minimum atomic E-state index is 0.357. The SMILES string of the molecule is COC[C@@H](C)N[C@H]1CC[C@H](N(C[C@H]2CCCOC2)c2ccc(Cl)c(-c3cc(N)ncc3Cl)n2)CC1. The van der Waals surface area contributed by atoms with Crippen LogP contribution in [0.25, 0.3) is 11.3 Å². The number of nitrogens with two attached hydrogens (primary N) is 1. The van der Waals surface area contributed by atoms with Gasteiger partial charge in [-0.05, 0) is 69.6 Å². The summed E-state index contributed by atoms with van der Waals surface area (Å²) in [5.74, 6) is 1.80. The van der Waals surface area contributed by atoms with E-state index in [-0.39, 0.29) is 0 Å². The molecule has 192 valence electrons. The van der Waals surface area contributed by atoms with Crippen molar-refractivity contribution in [1.29, 1.82) is 0 Å². The molecule has 0 bridgehead atoms. The largest absolute Gasteiger partial charge is 0.384 e. The summed E-state index contributed by atoms with van der Waals surface area (Å²) < 4.78 is 11.1. The van der Waals surface area contributed by atoms with Crippen LogP contribution in [0.5, 0.6) is 0 Å². The first-order valence-corrected chi connectivity index (χ1v) is 13.4. The maximum Gasteiger partial charge on any atom is 0.129 e. The molecule has 1 saturated heterocycles. The number of ether oxygens (including phenoxy) is 2. The van der Waals surface area contributed by atoms with Crippen LogP contribution in [0, 0.1) is 5.92 Å². The monoisotopic (exact) mass is 521 g/mol. The molecule has 0 radical (unpaired) electrons. The number of pyridine rings is 2. The van der Waals surface area contributed by atoms with E-state index in [1.165, 1.54) is 6.42 Å². The number of aromatic nitrogens is 2. The van der Waals surface area contributed by atoms with E-state index in [4.69, 9.17) is 43.4 Å². The Kier molecular flexibility index (Phi) is 9.47. The second kappa shape index (κ2) is 12.5. The summed E-state index contributed by atoms with van der Waals surface area (Å²) in [7, 11) is 1.75. The molecule has 1 aliphatic heterocycles. The van der Waals surface area contributed by atoms with Crippen molar-refractivity contribution in [3.05, 3.63) is 34.4 Å². The van der Waals surface area contributed by atoms with Crippen LogP contribution in [0.3, 0.4) is 0 Å². The van der Waals surface area contributed by atoms with Crippen molar-refractivity contribution in [1.82, 2.24) is 15.3 Å². The molecule has 1 aliphatic carbocycles. The fraction of sp³-hybridized carbons (Fsp3) is 0.615. The highest BCUT2D eigenvalue weighted by Crippen LogP contribution is 2.36. The van der Waals surface area contributed by atoms with Crippen LogP contribution in [-0.4, -0.2) is 61.6 Å². The van der Waals surface area contributed by atoms with Crippen LogP contribution in [0.2, 0.25) is 10.0 Å². The highest BCUT2D eigenvalue weighted by atomic mass is 35.5. The summed E-state index contributed by atoms with van der Waals surface area (Å²) in [5, 5.41) is 4.75. The molecule has 3 N–H and O–H groups in total. The molecule has 2 aromatic rings. The number of hydrogen-bond acceptors (Lipinski definition) is 7. The van der Waals surface area contributed by atoms with Gasteiger partial charge in [-0.2, -0.15) is 0 Å². The molecule has 3 heterocycles. The van der Waals surface area contributed by atoms with E-state index in [1.807, 2.05) is 12.1 Å². The molecule has 0 unspecified atom stereocenters. The minimum Gasteiger partial charge on any atom is -0.384 e. The van der Waals surface area contributed by atoms with Crippen molar-refractivity contribution in [2.45, 2.75) is 63.6 Å². The van der Waals surface area contributed by atoms with Gasteiger partial charge in [0.2, 0.25) is 0 Å². The second-order valence-corrected chi connectivity index (χ2v) is 10.7. The van der Waals surface area contributed by atoms with E-state index in [0.717, 1.165) is 64.3 Å². The number of nitrogens with zero attached hydrogens (tertiary/aromatic N) is 3. The Morgan fingerprint density at radius 3 is 2.71 bits per heavy atom. The summed E-state index contributed by atoms with van der Waals surface area (Å²) in [6.07, 6.45) is 8.30. The summed E-state index contributed by atoms with van der Waals surface area (Å²) in [5.41, 5.74) is 7.28. The fourth-order valence-corrected chi connectivity index (χ4v) is 5.73. The molecule has 2 atom stereocenters. The zero-order chi connectivity index (χ0) is 24.8. The molecule has 2 aromatic heterocycles. The molecule has 2 aliphatic rings. The van der Waals surface area contributed by atoms with Crippen LogP contribution in [0.4, 0.5) is 11.6 Å². The molecular weight excluding hydrogens is 485 g/mol. The Labute approximate surface area is 218 Å². The standard InChI is InChI=1S/C26H37Cl2N5O2/c1-17(15-34-2)31-19-5-7-20(8-6-19)33(14-18-4-3-11-35-16-18)25-10-9-22(27)26(32-25)21-12-24(29)30-13-23(21)28/h9-10,12-13,17-20,31H,3-8,11,14-16H2,1-2H3,(H2,29,30)/t17-,18-,19-,20-/m1/s1. The van der Waals surface area contributed by atoms with Gasteiger partial charge < -0.3 is 25.4 Å². The highest BCUT2D eigenvalue weighted by Gasteiger charge is 2.30. The minimum absolute atomic E-state index is 0.357. The summed E-state index contributed by atoms with van der Waals surface area (Å²) in [6, 6.07) is 6.96. The van der Waals surface area contributed by atoms with Gasteiger partial charge >= 0.3 is 0 Å². The van der Waals surface area contributed by atoms with E-state index in [9.17, 15) is 0 Å². The lowest BCUT2D eigenvalue weighted by molar-refractivity contribution is 0.0561. The zero-order valence-electron chi connectivity index (χ0n) is 20.7. The van der Waals surface area contributed by atoms with Crippen molar-refractivity contribution in [3.8, 4) is 11.3 Å². The quantitative estimate of drug-likeness (QED) is 0.468.